The van der Waals surface area contributed by atoms with E-state index in [9.17, 15) is 0 Å². The number of hydrogen-bond acceptors (Lipinski definition) is 5. The van der Waals surface area contributed by atoms with E-state index in [1.165, 1.54) is 11.3 Å². The summed E-state index contributed by atoms with van der Waals surface area (Å²) in [6.45, 7) is 7.31. The van der Waals surface area contributed by atoms with Gasteiger partial charge in [-0.3, -0.25) is 5.10 Å². The van der Waals surface area contributed by atoms with E-state index in [1.807, 2.05) is 7.05 Å². The number of nitrogens with zero attached hydrogens (tertiary/aromatic N) is 2. The van der Waals surface area contributed by atoms with E-state index >= 15 is 0 Å². The monoisotopic (exact) mass is 350 g/mol. The Hall–Kier alpha value is -0.950. The maximum atomic E-state index is 6.22. The molecule has 2 fully saturated rings. The topological polar surface area (TPSA) is 62.4 Å². The molecule has 1 saturated carbocycles. The van der Waals surface area contributed by atoms with E-state index in [0.717, 1.165) is 51.7 Å². The zero-order valence-electron chi connectivity index (χ0n) is 16.2. The van der Waals surface area contributed by atoms with Gasteiger partial charge in [0.1, 0.15) is 0 Å². The summed E-state index contributed by atoms with van der Waals surface area (Å²) < 4.78 is 12.4. The number of H-pyrrole nitrogens is 1. The Morgan fingerprint density at radius 1 is 1.28 bits per heavy atom. The Bertz CT molecular complexity index is 527. The van der Waals surface area contributed by atoms with Gasteiger partial charge in [0.05, 0.1) is 17.9 Å². The molecule has 1 aromatic rings. The summed E-state index contributed by atoms with van der Waals surface area (Å²) in [5, 5.41) is 10.9. The number of nitrogens with one attached hydrogen (secondary N) is 2. The first-order chi connectivity index (χ1) is 12.0. The van der Waals surface area contributed by atoms with Crippen molar-refractivity contribution in [2.24, 2.45) is 0 Å². The Balaban J connectivity index is 1.59. The van der Waals surface area contributed by atoms with E-state index in [0.29, 0.717) is 18.1 Å². The minimum Gasteiger partial charge on any atom is -0.347 e. The third-order valence-electron chi connectivity index (χ3n) is 5.57. The summed E-state index contributed by atoms with van der Waals surface area (Å²) in [6, 6.07) is 0. The van der Waals surface area contributed by atoms with Crippen molar-refractivity contribution in [1.29, 1.82) is 0 Å². The molecule has 3 rings (SSSR count). The van der Waals surface area contributed by atoms with Gasteiger partial charge in [0.15, 0.2) is 5.79 Å². The summed E-state index contributed by atoms with van der Waals surface area (Å²) in [4.78, 5) is 2.34. The Morgan fingerprint density at radius 2 is 1.96 bits per heavy atom. The lowest BCUT2D eigenvalue weighted by Gasteiger charge is -2.46. The molecule has 0 aromatic carbocycles. The van der Waals surface area contributed by atoms with Gasteiger partial charge >= 0.3 is 0 Å². The number of aromatic nitrogens is 2. The average Bonchev–Trinajstić information content (AvgIpc) is 3.00. The minimum atomic E-state index is -0.354. The molecule has 0 amide bonds. The zero-order chi connectivity index (χ0) is 17.9. The van der Waals surface area contributed by atoms with Crippen LogP contribution in [0.3, 0.4) is 0 Å². The van der Waals surface area contributed by atoms with Crippen molar-refractivity contribution in [2.75, 3.05) is 27.2 Å². The summed E-state index contributed by atoms with van der Waals surface area (Å²) in [5.74, 6) is 0.150. The fraction of sp³-hybridized carbons (Fsp3) is 0.842. The second-order valence-electron chi connectivity index (χ2n) is 7.91. The third kappa shape index (κ3) is 4.61. The lowest BCUT2D eigenvalue weighted by Crippen LogP contribution is -2.49. The number of rotatable bonds is 6. The van der Waals surface area contributed by atoms with E-state index in [2.05, 4.69) is 47.5 Å². The first kappa shape index (κ1) is 18.8. The summed E-state index contributed by atoms with van der Waals surface area (Å²) in [5.41, 5.74) is 2.56. The number of ether oxygens (including phenoxy) is 2. The first-order valence-electron chi connectivity index (χ1n) is 9.72. The molecule has 2 heterocycles. The summed E-state index contributed by atoms with van der Waals surface area (Å²) in [7, 11) is 4.16. The fourth-order valence-electron chi connectivity index (χ4n) is 4.37. The number of aromatic amines is 1. The summed E-state index contributed by atoms with van der Waals surface area (Å²) >= 11 is 0. The molecule has 0 radical (unpaired) electrons. The average molecular weight is 351 g/mol. The van der Waals surface area contributed by atoms with Crippen LogP contribution in [0.15, 0.2) is 6.20 Å². The van der Waals surface area contributed by atoms with Crippen LogP contribution in [-0.4, -0.2) is 60.3 Å². The fourth-order valence-corrected chi connectivity index (χ4v) is 4.37. The lowest BCUT2D eigenvalue weighted by molar-refractivity contribution is -0.323. The molecule has 1 saturated heterocycles. The minimum absolute atomic E-state index is 0.294. The lowest BCUT2D eigenvalue weighted by atomic mass is 9.81. The largest absolute Gasteiger partial charge is 0.347 e. The SMILES string of the molecule is CNCCN(C)Cc1c[nH]nc1C1CCC2(CC1)OC(C)CC(C)O2. The molecule has 6 nitrogen and oxygen atoms in total. The van der Waals surface area contributed by atoms with Gasteiger partial charge < -0.3 is 19.7 Å². The highest BCUT2D eigenvalue weighted by Crippen LogP contribution is 2.44. The molecule has 1 spiro atoms. The van der Waals surface area contributed by atoms with Crippen molar-refractivity contribution in [3.8, 4) is 0 Å². The van der Waals surface area contributed by atoms with Crippen molar-refractivity contribution in [3.05, 3.63) is 17.5 Å². The van der Waals surface area contributed by atoms with E-state index < -0.39 is 0 Å². The zero-order valence-corrected chi connectivity index (χ0v) is 16.2. The predicted octanol–water partition coefficient (Wildman–Crippen LogP) is 2.63. The van der Waals surface area contributed by atoms with Gasteiger partial charge in [0.2, 0.25) is 0 Å². The Morgan fingerprint density at radius 3 is 2.60 bits per heavy atom. The molecule has 1 aliphatic heterocycles. The van der Waals surface area contributed by atoms with Crippen LogP contribution in [0.25, 0.3) is 0 Å². The normalized spacial score (nSPS) is 33.2. The molecule has 2 unspecified atom stereocenters. The maximum Gasteiger partial charge on any atom is 0.169 e. The van der Waals surface area contributed by atoms with Crippen molar-refractivity contribution >= 4 is 0 Å². The summed E-state index contributed by atoms with van der Waals surface area (Å²) in [6.07, 6.45) is 7.74. The van der Waals surface area contributed by atoms with Gasteiger partial charge in [-0.2, -0.15) is 5.10 Å². The second kappa shape index (κ2) is 8.16. The van der Waals surface area contributed by atoms with Crippen LogP contribution in [0.1, 0.15) is 63.1 Å². The molecule has 1 aliphatic carbocycles. The Labute approximate surface area is 151 Å². The van der Waals surface area contributed by atoms with E-state index in [4.69, 9.17) is 9.47 Å². The predicted molar refractivity (Wildman–Crippen MR) is 98.5 cm³/mol. The smallest absolute Gasteiger partial charge is 0.169 e. The van der Waals surface area contributed by atoms with Gasteiger partial charge in [0, 0.05) is 50.2 Å². The molecule has 2 N–H and O–H groups in total. The molecule has 2 atom stereocenters. The molecule has 2 aliphatic rings. The molecular formula is C19H34N4O2. The molecule has 1 aromatic heterocycles. The Kier molecular flexibility index (Phi) is 6.15. The molecule has 25 heavy (non-hydrogen) atoms. The van der Waals surface area contributed by atoms with Gasteiger partial charge in [-0.05, 0) is 47.2 Å². The number of likely N-dealkylation sites (N-methyl/N-ethyl adjacent to an activating group) is 2. The van der Waals surface area contributed by atoms with Crippen molar-refractivity contribution < 1.29 is 9.47 Å². The van der Waals surface area contributed by atoms with Crippen molar-refractivity contribution in [1.82, 2.24) is 20.4 Å². The van der Waals surface area contributed by atoms with Crippen LogP contribution in [0, 0.1) is 0 Å². The van der Waals surface area contributed by atoms with Crippen LogP contribution in [-0.2, 0) is 16.0 Å². The first-order valence-corrected chi connectivity index (χ1v) is 9.72. The highest BCUT2D eigenvalue weighted by Gasteiger charge is 2.43. The van der Waals surface area contributed by atoms with E-state index in [1.54, 1.807) is 0 Å². The van der Waals surface area contributed by atoms with Crippen molar-refractivity contribution in [3.63, 3.8) is 0 Å². The quantitative estimate of drug-likeness (QED) is 0.826. The third-order valence-corrected chi connectivity index (χ3v) is 5.57. The van der Waals surface area contributed by atoms with Gasteiger partial charge in [-0.1, -0.05) is 0 Å². The van der Waals surface area contributed by atoms with Gasteiger partial charge in [-0.25, -0.2) is 0 Å². The maximum absolute atomic E-state index is 6.22. The van der Waals surface area contributed by atoms with Crippen molar-refractivity contribution in [2.45, 2.75) is 76.4 Å². The molecule has 142 valence electrons. The van der Waals surface area contributed by atoms with Gasteiger partial charge in [0.25, 0.3) is 0 Å². The van der Waals surface area contributed by atoms with E-state index in [-0.39, 0.29) is 5.79 Å². The standard InChI is InChI=1S/C19H34N4O2/c1-14-11-15(2)25-19(24-14)7-5-16(6-8-19)18-17(12-21-22-18)13-23(4)10-9-20-3/h12,14-16,20H,5-11,13H2,1-4H3,(H,21,22). The van der Waals surface area contributed by atoms with Crippen LogP contribution < -0.4 is 5.32 Å². The molecule has 6 heteroatoms. The van der Waals surface area contributed by atoms with Crippen LogP contribution in [0.4, 0.5) is 0 Å². The molecule has 0 bridgehead atoms. The van der Waals surface area contributed by atoms with Crippen LogP contribution in [0.5, 0.6) is 0 Å². The van der Waals surface area contributed by atoms with Gasteiger partial charge in [-0.15, -0.1) is 0 Å². The second-order valence-corrected chi connectivity index (χ2v) is 7.91. The number of hydrogen-bond donors (Lipinski definition) is 2. The highest BCUT2D eigenvalue weighted by atomic mass is 16.7. The van der Waals surface area contributed by atoms with Crippen LogP contribution in [0.2, 0.25) is 0 Å². The highest BCUT2D eigenvalue weighted by molar-refractivity contribution is 5.21. The van der Waals surface area contributed by atoms with Crippen LogP contribution >= 0.6 is 0 Å². The molecular weight excluding hydrogens is 316 g/mol.